The number of hydrogen-bond acceptors (Lipinski definition) is 2. The molecule has 114 valence electrons. The molecule has 0 heterocycles. The van der Waals surface area contributed by atoms with Crippen LogP contribution < -0.4 is 20.2 Å². The Labute approximate surface area is 140 Å². The summed E-state index contributed by atoms with van der Waals surface area (Å²) >= 11 is 0. The Bertz CT molecular complexity index is 599. The van der Waals surface area contributed by atoms with Crippen molar-refractivity contribution >= 4 is 22.6 Å². The van der Waals surface area contributed by atoms with Gasteiger partial charge in [-0.05, 0) is 12.1 Å². The monoisotopic (exact) mass is 305 g/mol. The van der Waals surface area contributed by atoms with E-state index in [1.807, 2.05) is 12.1 Å². The molecule has 0 aliphatic heterocycles. The first-order chi connectivity index (χ1) is 10.8. The van der Waals surface area contributed by atoms with Crippen molar-refractivity contribution in [2.24, 2.45) is 0 Å². The van der Waals surface area contributed by atoms with Crippen molar-refractivity contribution < 1.29 is 20.2 Å². The Morgan fingerprint density at radius 2 is 1.09 bits per heavy atom. The molecule has 0 unspecified atom stereocenters. The Hall–Kier alpha value is -2.45. The summed E-state index contributed by atoms with van der Waals surface area (Å²) in [5, 5.41) is 23.0. The fourth-order valence-corrected chi connectivity index (χ4v) is 2.02. The zero-order valence-electron chi connectivity index (χ0n) is 13.1. The van der Waals surface area contributed by atoms with E-state index in [1.165, 1.54) is 0 Å². The molecule has 0 radical (unpaired) electrons. The first-order valence-electron chi connectivity index (χ1n) is 7.42. The number of unbranched alkanes of at least 4 members (excludes halogenated alkanes) is 1. The Morgan fingerprint density at radius 1 is 0.696 bits per heavy atom. The minimum Gasteiger partial charge on any atom is -0.872 e. The van der Waals surface area contributed by atoms with Gasteiger partial charge in [-0.25, -0.2) is 9.98 Å². The van der Waals surface area contributed by atoms with E-state index in [9.17, 15) is 10.2 Å². The molecule has 0 aliphatic carbocycles. The molecule has 5 heteroatoms. The zero-order valence-corrected chi connectivity index (χ0v) is 13.1. The summed E-state index contributed by atoms with van der Waals surface area (Å²) in [6.07, 6.45) is 5.49. The Balaban J connectivity index is 0.00000264. The molecule has 23 heavy (non-hydrogen) atoms. The summed E-state index contributed by atoms with van der Waals surface area (Å²) in [4.78, 5) is 6.29. The molecule has 2 N–H and O–H groups in total. The Kier molecular flexibility index (Phi) is 8.33. The quantitative estimate of drug-likeness (QED) is 0.350. The summed E-state index contributed by atoms with van der Waals surface area (Å²) in [5.41, 5.74) is 1.36. The second-order valence-corrected chi connectivity index (χ2v) is 4.98. The van der Waals surface area contributed by atoms with Gasteiger partial charge in [0.2, 0.25) is 0 Å². The SMILES string of the molecule is [Be+2].[O-]c1ccccc1C=[NH+]CCCC[NH+]=Cc1ccccc1[O-]. The summed E-state index contributed by atoms with van der Waals surface area (Å²) in [7, 11) is 0. The summed E-state index contributed by atoms with van der Waals surface area (Å²) in [6.45, 7) is 1.63. The van der Waals surface area contributed by atoms with Gasteiger partial charge >= 0.3 is 10.1 Å². The molecule has 2 aromatic rings. The molecule has 0 saturated heterocycles. The van der Waals surface area contributed by atoms with Crippen LogP contribution in [0, 0.1) is 0 Å². The van der Waals surface area contributed by atoms with Gasteiger partial charge in [0.05, 0.1) is 0 Å². The molecule has 2 aromatic carbocycles. The van der Waals surface area contributed by atoms with Crippen molar-refractivity contribution in [1.82, 2.24) is 0 Å². The van der Waals surface area contributed by atoms with Gasteiger partial charge in [0.1, 0.15) is 13.1 Å². The van der Waals surface area contributed by atoms with E-state index in [0.29, 0.717) is 11.1 Å². The normalized spacial score (nSPS) is 11.0. The standard InChI is InChI=1S/C18H20N2O2.Be/c21-17-9-3-1-7-15(17)13-19-11-5-6-12-20-14-16-8-2-4-10-18(16)22;/h1-4,7-10,13-14,21-22H,5-6,11-12H2;/q;+2. The van der Waals surface area contributed by atoms with Crippen LogP contribution in [0.15, 0.2) is 48.5 Å². The van der Waals surface area contributed by atoms with Crippen molar-refractivity contribution in [1.29, 1.82) is 0 Å². The van der Waals surface area contributed by atoms with E-state index >= 15 is 0 Å². The second-order valence-electron chi connectivity index (χ2n) is 4.98. The second kappa shape index (κ2) is 10.3. The largest absolute Gasteiger partial charge is 2.00 e. The molecule has 0 aromatic heterocycles. The van der Waals surface area contributed by atoms with E-state index in [1.54, 1.807) is 48.8 Å². The van der Waals surface area contributed by atoms with Crippen molar-refractivity contribution in [3.63, 3.8) is 0 Å². The van der Waals surface area contributed by atoms with Crippen LogP contribution >= 0.6 is 0 Å². The molecule has 0 fully saturated rings. The molecule has 0 aliphatic rings. The van der Waals surface area contributed by atoms with Gasteiger partial charge in [-0.2, -0.15) is 0 Å². The zero-order chi connectivity index (χ0) is 15.6. The van der Waals surface area contributed by atoms with E-state index in [4.69, 9.17) is 0 Å². The maximum Gasteiger partial charge on any atom is 2.00 e. The third-order valence-corrected chi connectivity index (χ3v) is 3.25. The van der Waals surface area contributed by atoms with Gasteiger partial charge < -0.3 is 10.2 Å². The average Bonchev–Trinajstić information content (AvgIpc) is 2.53. The first kappa shape index (κ1) is 18.6. The third-order valence-electron chi connectivity index (χ3n) is 3.25. The van der Waals surface area contributed by atoms with E-state index in [-0.39, 0.29) is 21.6 Å². The minimum atomic E-state index is 0. The number of hydrogen-bond donors (Lipinski definition) is 2. The maximum absolute atomic E-state index is 11.5. The third kappa shape index (κ3) is 6.45. The number of nitrogens with one attached hydrogen (secondary N) is 2. The van der Waals surface area contributed by atoms with Crippen molar-refractivity contribution in [3.8, 4) is 11.5 Å². The van der Waals surface area contributed by atoms with E-state index in [2.05, 4.69) is 9.98 Å². The van der Waals surface area contributed by atoms with Gasteiger partial charge in [-0.3, -0.25) is 0 Å². The molecule has 0 saturated carbocycles. The number of benzene rings is 2. The first-order valence-corrected chi connectivity index (χ1v) is 7.42. The van der Waals surface area contributed by atoms with Crippen LogP contribution in [0.2, 0.25) is 0 Å². The molecule has 0 atom stereocenters. The van der Waals surface area contributed by atoms with Gasteiger partial charge in [0.25, 0.3) is 0 Å². The van der Waals surface area contributed by atoms with Crippen LogP contribution in [0.1, 0.15) is 24.0 Å². The molecule has 0 spiro atoms. The predicted octanol–water partition coefficient (Wildman–Crippen LogP) is -2.07. The summed E-state index contributed by atoms with van der Waals surface area (Å²) < 4.78 is 0. The van der Waals surface area contributed by atoms with E-state index in [0.717, 1.165) is 25.9 Å². The van der Waals surface area contributed by atoms with Crippen LogP contribution in [0.25, 0.3) is 0 Å². The van der Waals surface area contributed by atoms with Crippen LogP contribution in [-0.2, 0) is 0 Å². The summed E-state index contributed by atoms with van der Waals surface area (Å²) in [5.74, 6) is 0.0603. The number of para-hydroxylation sites is 2. The fourth-order valence-electron chi connectivity index (χ4n) is 2.02. The van der Waals surface area contributed by atoms with Gasteiger partial charge in [-0.1, -0.05) is 47.9 Å². The van der Waals surface area contributed by atoms with Gasteiger partial charge in [0.15, 0.2) is 12.4 Å². The molecular weight excluding hydrogens is 285 g/mol. The predicted molar refractivity (Wildman–Crippen MR) is 88.8 cm³/mol. The van der Waals surface area contributed by atoms with Gasteiger partial charge in [-0.15, -0.1) is 0 Å². The number of rotatable bonds is 7. The van der Waals surface area contributed by atoms with Crippen LogP contribution in [0.3, 0.4) is 0 Å². The summed E-state index contributed by atoms with van der Waals surface area (Å²) in [6, 6.07) is 13.9. The molecule has 0 amide bonds. The van der Waals surface area contributed by atoms with Crippen molar-refractivity contribution in [2.75, 3.05) is 13.1 Å². The average molecular weight is 305 g/mol. The van der Waals surface area contributed by atoms with Crippen molar-refractivity contribution in [2.45, 2.75) is 12.8 Å². The van der Waals surface area contributed by atoms with Crippen LogP contribution in [0.4, 0.5) is 0 Å². The minimum absolute atomic E-state index is 0. The van der Waals surface area contributed by atoms with Crippen LogP contribution in [0.5, 0.6) is 11.5 Å². The van der Waals surface area contributed by atoms with Gasteiger partial charge in [0, 0.05) is 24.0 Å². The topological polar surface area (TPSA) is 74.1 Å². The molecule has 0 bridgehead atoms. The van der Waals surface area contributed by atoms with Crippen LogP contribution in [-0.4, -0.2) is 35.6 Å². The van der Waals surface area contributed by atoms with Crippen molar-refractivity contribution in [3.05, 3.63) is 59.7 Å². The fraction of sp³-hybridized carbons (Fsp3) is 0.222. The maximum atomic E-state index is 11.5. The molecule has 4 nitrogen and oxygen atoms in total. The van der Waals surface area contributed by atoms with E-state index < -0.39 is 0 Å². The molecular formula is C18H20BeN2O2+2. The smallest absolute Gasteiger partial charge is 0.872 e. The Morgan fingerprint density at radius 3 is 1.48 bits per heavy atom. The molecule has 2 rings (SSSR count).